The van der Waals surface area contributed by atoms with E-state index < -0.39 is 83.7 Å². The van der Waals surface area contributed by atoms with E-state index in [4.69, 9.17) is 68.8 Å². The van der Waals surface area contributed by atoms with Crippen molar-refractivity contribution in [1.29, 1.82) is 0 Å². The van der Waals surface area contributed by atoms with E-state index in [2.05, 4.69) is 41.5 Å². The summed E-state index contributed by atoms with van der Waals surface area (Å²) in [6.07, 6.45) is 20.5. The van der Waals surface area contributed by atoms with E-state index in [-0.39, 0.29) is 92.3 Å². The van der Waals surface area contributed by atoms with Gasteiger partial charge in [0.05, 0.1) is 75.1 Å². The number of aliphatic hydroxyl groups is 2. The number of benzene rings is 2. The molecule has 1 saturated carbocycles. The number of unbranched alkanes of at least 4 members (excludes halogenated alkanes) is 1. The van der Waals surface area contributed by atoms with Gasteiger partial charge in [-0.3, -0.25) is 28.8 Å². The van der Waals surface area contributed by atoms with Crippen LogP contribution in [-0.4, -0.2) is 252 Å². The Hall–Kier alpha value is -10.4. The van der Waals surface area contributed by atoms with Gasteiger partial charge in [0.25, 0.3) is 17.7 Å². The molecule has 5 aromatic heterocycles. The zero-order valence-electron chi connectivity index (χ0n) is 75.5. The Morgan fingerprint density at radius 1 is 0.773 bits per heavy atom. The molecule has 692 valence electrons. The van der Waals surface area contributed by atoms with Crippen molar-refractivity contribution in [2.45, 2.75) is 232 Å². The lowest BCUT2D eigenvalue weighted by Gasteiger charge is -2.42. The first kappa shape index (κ1) is 96.6. The number of carbonyl (C=O) groups is 7. The Labute approximate surface area is 747 Å². The van der Waals surface area contributed by atoms with Crippen LogP contribution in [0, 0.1) is 35.5 Å². The van der Waals surface area contributed by atoms with Gasteiger partial charge in [0.1, 0.15) is 53.5 Å². The number of carbonyl (C=O) groups excluding carboxylic acids is 7. The second-order valence-corrected chi connectivity index (χ2v) is 35.0. The molecule has 5 aliphatic rings. The van der Waals surface area contributed by atoms with Gasteiger partial charge in [0, 0.05) is 147 Å². The van der Waals surface area contributed by atoms with Gasteiger partial charge in [-0.15, -0.1) is 5.10 Å². The zero-order valence-corrected chi connectivity index (χ0v) is 75.5. The lowest BCUT2D eigenvalue weighted by atomic mass is 9.78. The number of anilines is 3. The number of nitrogens with zero attached hydrogens (tertiary/aromatic N) is 13. The summed E-state index contributed by atoms with van der Waals surface area (Å²) in [6.45, 7) is 18.1. The fourth-order valence-corrected chi connectivity index (χ4v) is 17.9. The highest BCUT2D eigenvalue weighted by Gasteiger charge is 2.53. The summed E-state index contributed by atoms with van der Waals surface area (Å²) in [7, 11) is 4.63. The topological polar surface area (TPSA) is 434 Å². The third-order valence-corrected chi connectivity index (χ3v) is 25.6. The number of oxazole rings is 1. The number of Topliss-reactive ketones (excluding diaryl/α,β-unsaturated/α-hetero) is 3. The molecule has 9 heterocycles. The molecule has 0 radical (unpaired) electrons. The maximum atomic E-state index is 14.9. The van der Waals surface area contributed by atoms with Gasteiger partial charge in [0.2, 0.25) is 23.5 Å². The number of esters is 1. The van der Waals surface area contributed by atoms with Crippen LogP contribution < -0.4 is 21.7 Å². The fourth-order valence-electron chi connectivity index (χ4n) is 17.9. The number of piperazine rings is 1. The standard InChI is InChI=1S/C94H128N16O18/c1-58-19-12-11-13-20-59(2)77(120-8)51-71-28-24-64(7)94(119,128-71)87(116)90(117)109-34-16-14-23-73(109)91(118)126-78(52-74(111)60(3)46-63(6)85(115)86(122-10)84(114)62(5)45-58)61(4)47-65-25-29-76(79(49-65)121-9)125-56-66-21-18-22-67(48-66)69-53-98-93(99-54-69)107-38-36-106(37-39-107)81(113)31-27-70-55-108(105-103-70)40-42-124-44-43-123-41-32-80(112)97-33-15-17-35-110-89-82(88(95)100-57-101-89)83(104-110)68-26-30-75-72(50-68)102-92(96)127-75/h11-13,18-22,26,30,46,48,50,53-55,57-58,60-62,64-65,71,73,76-79,85-86,115,119H,14-17,23-25,27-29,31-45,47,49,51-52,56H2,1-10H3,(H2,96,102)(H,97,112)(H2,95,100,101)/b13-11+,19-12+,59-20+,63-46+/t58-,60-,61-,62-,64-,65+,71+,73+,76-,77+,78+,79-,85-,86+,94-/m1/s1. The van der Waals surface area contributed by atoms with Crippen molar-refractivity contribution in [3.8, 4) is 22.4 Å². The van der Waals surface area contributed by atoms with Crippen molar-refractivity contribution < 1.29 is 86.1 Å². The SMILES string of the molecule is CO[C@H]1C[C@@H]2CC[C@@H](C)[C@@](O)(O2)C(=O)C(=O)N2CCCC[C@H]2C(=O)O[C@H]([C@H](C)C[C@@H]2CC[C@@H](OCc3cccc(-c4cnc(N5CCN(C(=O)CCc6cn(CCOCCOCCC(=O)NCCCCn7nc(-c8ccc9oc(N)nc9c8)c8c(N)ncnc87)nn6)CC5)nc4)c3)[C@H](OC)C2)CC(=O)[C@H](C)/C=C(\C)[C@@H](O)[C@@H](OC)C(=O)[C@H](C)C[C@H](C)/C=C/C=C/C=C/1C. The number of rotatable bonds is 29. The third kappa shape index (κ3) is 25.4. The summed E-state index contributed by atoms with van der Waals surface area (Å²) >= 11 is 0. The maximum Gasteiger partial charge on any atom is 0.329 e. The molecular formula is C94H128N16O18. The number of nitrogens with one attached hydrogen (secondary N) is 1. The number of cyclic esters (lactones) is 1. The number of hydrogen-bond donors (Lipinski definition) is 5. The largest absolute Gasteiger partial charge is 0.460 e. The molecule has 3 saturated heterocycles. The van der Waals surface area contributed by atoms with Crippen LogP contribution in [0.25, 0.3) is 44.5 Å². The van der Waals surface area contributed by atoms with Crippen LogP contribution in [0.15, 0.2) is 119 Å². The molecular weight excluding hydrogens is 1640 g/mol. The van der Waals surface area contributed by atoms with Gasteiger partial charge in [-0.1, -0.05) is 94.5 Å². The maximum absolute atomic E-state index is 14.9. The highest BCUT2D eigenvalue weighted by Crippen LogP contribution is 2.40. The van der Waals surface area contributed by atoms with Crippen molar-refractivity contribution in [3.05, 3.63) is 126 Å². The molecule has 7 aromatic rings. The predicted molar refractivity (Wildman–Crippen MR) is 478 cm³/mol. The molecule has 0 unspecified atom stereocenters. The van der Waals surface area contributed by atoms with Crippen LogP contribution in [0.5, 0.6) is 0 Å². The van der Waals surface area contributed by atoms with Crippen LogP contribution in [0.4, 0.5) is 17.8 Å². The quantitative estimate of drug-likeness (QED) is 0.0126. The molecule has 2 aromatic carbocycles. The Balaban J connectivity index is 0.566. The Morgan fingerprint density at radius 3 is 2.34 bits per heavy atom. The summed E-state index contributed by atoms with van der Waals surface area (Å²) in [6, 6.07) is 12.4. The first-order valence-corrected chi connectivity index (χ1v) is 45.2. The average Bonchev–Trinajstić information content (AvgIpc) is 1.34. The van der Waals surface area contributed by atoms with Gasteiger partial charge in [-0.05, 0) is 155 Å². The van der Waals surface area contributed by atoms with E-state index in [9.17, 15) is 43.8 Å². The number of aryl methyl sites for hydroxylation is 2. The third-order valence-electron chi connectivity index (χ3n) is 25.6. The van der Waals surface area contributed by atoms with Gasteiger partial charge >= 0.3 is 5.97 Å². The van der Waals surface area contributed by atoms with E-state index in [1.54, 1.807) is 56.5 Å². The number of allylic oxidation sites excluding steroid dienone is 6. The number of ether oxygens (including phenoxy) is 8. The number of ketones is 3. The number of amides is 3. The minimum atomic E-state index is -2.48. The van der Waals surface area contributed by atoms with Gasteiger partial charge in [-0.2, -0.15) is 10.1 Å². The summed E-state index contributed by atoms with van der Waals surface area (Å²) in [4.78, 5) is 126. The van der Waals surface area contributed by atoms with E-state index in [0.29, 0.717) is 194 Å². The molecule has 0 spiro atoms. The normalized spacial score (nSPS) is 27.1. The van der Waals surface area contributed by atoms with Crippen molar-refractivity contribution >= 4 is 81.0 Å². The molecule has 12 rings (SSSR count). The Morgan fingerprint density at radius 2 is 1.56 bits per heavy atom. The van der Waals surface area contributed by atoms with Crippen molar-refractivity contribution in [2.24, 2.45) is 35.5 Å². The molecule has 7 N–H and O–H groups in total. The Kier molecular flexibility index (Phi) is 34.9. The number of methoxy groups -OCH3 is 3. The number of aliphatic hydroxyl groups excluding tert-OH is 1. The first-order chi connectivity index (χ1) is 61.7. The number of nitrogens with two attached hydrogens (primary N) is 2. The molecule has 4 aliphatic heterocycles. The lowest BCUT2D eigenvalue weighted by Crippen LogP contribution is -2.61. The van der Waals surface area contributed by atoms with Crippen molar-refractivity contribution in [3.63, 3.8) is 0 Å². The van der Waals surface area contributed by atoms with E-state index in [1.165, 1.54) is 18.3 Å². The minimum Gasteiger partial charge on any atom is -0.460 e. The second-order valence-electron chi connectivity index (χ2n) is 35.0. The molecule has 128 heavy (non-hydrogen) atoms. The molecule has 15 atom stereocenters. The van der Waals surface area contributed by atoms with E-state index in [0.717, 1.165) is 40.7 Å². The molecule has 34 heteroatoms. The molecule has 2 bridgehead atoms. The van der Waals surface area contributed by atoms with E-state index in [1.807, 2.05) is 112 Å². The number of piperidine rings is 1. The predicted octanol–water partition coefficient (Wildman–Crippen LogP) is 9.87. The molecule has 3 amide bonds. The van der Waals surface area contributed by atoms with Crippen LogP contribution in [0.2, 0.25) is 0 Å². The van der Waals surface area contributed by atoms with Crippen LogP contribution in [0.3, 0.4) is 0 Å². The summed E-state index contributed by atoms with van der Waals surface area (Å²) in [5.74, 6) is -7.56. The molecule has 34 nitrogen and oxygen atoms in total. The number of nitrogen functional groups attached to an aromatic ring is 2. The average molecular weight is 1770 g/mol. The Bertz CT molecular complexity index is 5040. The van der Waals surface area contributed by atoms with Gasteiger partial charge in [0.15, 0.2) is 17.0 Å². The first-order valence-electron chi connectivity index (χ1n) is 45.2. The van der Waals surface area contributed by atoms with Crippen LogP contribution >= 0.6 is 0 Å². The zero-order chi connectivity index (χ0) is 91.1. The smallest absolute Gasteiger partial charge is 0.329 e. The number of fused-ring (bicyclic) bond motifs is 5. The molecule has 4 fully saturated rings. The van der Waals surface area contributed by atoms with Crippen molar-refractivity contribution in [1.82, 2.24) is 64.8 Å². The molecule has 1 aliphatic carbocycles. The van der Waals surface area contributed by atoms with Crippen LogP contribution in [-0.2, 0) is 97.6 Å². The second kappa shape index (κ2) is 46.2. The fraction of sp³-hybridized carbons (Fsp3) is 0.585. The minimum absolute atomic E-state index is 0.0138. The highest BCUT2D eigenvalue weighted by molar-refractivity contribution is 6.39. The summed E-state index contributed by atoms with van der Waals surface area (Å²) < 4.78 is 57.5. The monoisotopic (exact) mass is 1770 g/mol. The van der Waals surface area contributed by atoms with Gasteiger partial charge < -0.3 is 84.0 Å². The van der Waals surface area contributed by atoms with Gasteiger partial charge in [-0.25, -0.2) is 34.1 Å². The lowest BCUT2D eigenvalue weighted by molar-refractivity contribution is -0.265. The van der Waals surface area contributed by atoms with E-state index >= 15 is 0 Å². The summed E-state index contributed by atoms with van der Waals surface area (Å²) in [5.41, 5.74) is 19.9. The number of hydrogen-bond acceptors (Lipinski definition) is 29. The van der Waals surface area contributed by atoms with Crippen molar-refractivity contribution in [2.75, 3.05) is 103 Å². The van der Waals surface area contributed by atoms with Crippen LogP contribution in [0.1, 0.15) is 162 Å². The number of aromatic nitrogens is 10. The highest BCUT2D eigenvalue weighted by atomic mass is 16.6. The summed E-state index contributed by atoms with van der Waals surface area (Å²) in [5, 5.41) is 40.9.